The topological polar surface area (TPSA) is 76.7 Å². The lowest BCUT2D eigenvalue weighted by molar-refractivity contribution is 0.370. The minimum atomic E-state index is 0.520. The highest BCUT2D eigenvalue weighted by atomic mass is 16.5. The van der Waals surface area contributed by atoms with Gasteiger partial charge in [0.05, 0.1) is 17.6 Å². The van der Waals surface area contributed by atoms with Crippen LogP contribution in [0.5, 0.6) is 0 Å². The first-order valence-corrected chi connectivity index (χ1v) is 6.22. The molecule has 0 fully saturated rings. The van der Waals surface area contributed by atoms with Gasteiger partial charge in [0, 0.05) is 24.5 Å². The fraction of sp³-hybridized carbons (Fsp3) is 0.143. The molecule has 0 amide bonds. The number of aromatic nitrogens is 4. The molecule has 0 bridgehead atoms. The van der Waals surface area contributed by atoms with Crippen LogP contribution in [0.25, 0.3) is 22.4 Å². The maximum Gasteiger partial charge on any atom is 0.240 e. The van der Waals surface area contributed by atoms with Crippen molar-refractivity contribution in [3.8, 4) is 11.4 Å². The van der Waals surface area contributed by atoms with Crippen molar-refractivity contribution in [2.45, 2.75) is 6.54 Å². The summed E-state index contributed by atoms with van der Waals surface area (Å²) in [6, 6.07) is 5.70. The van der Waals surface area contributed by atoms with Crippen LogP contribution in [0.15, 0.2) is 47.8 Å². The largest absolute Gasteiger partial charge is 0.338 e. The van der Waals surface area contributed by atoms with Gasteiger partial charge in [-0.25, -0.2) is 0 Å². The molecule has 0 saturated carbocycles. The predicted octanol–water partition coefficient (Wildman–Crippen LogP) is 1.96. The van der Waals surface area contributed by atoms with E-state index in [1.54, 1.807) is 18.5 Å². The third-order valence-corrected chi connectivity index (χ3v) is 2.76. The molecule has 3 rings (SSSR count). The zero-order valence-corrected chi connectivity index (χ0v) is 10.8. The van der Waals surface area contributed by atoms with E-state index in [0.717, 1.165) is 16.6 Å². The van der Waals surface area contributed by atoms with E-state index in [1.807, 2.05) is 18.2 Å². The second-order valence-electron chi connectivity index (χ2n) is 4.19. The first-order valence-electron chi connectivity index (χ1n) is 6.22. The van der Waals surface area contributed by atoms with E-state index < -0.39 is 0 Å². The van der Waals surface area contributed by atoms with Crippen molar-refractivity contribution in [1.29, 1.82) is 0 Å². The predicted molar refractivity (Wildman–Crippen MR) is 74.7 cm³/mol. The summed E-state index contributed by atoms with van der Waals surface area (Å²) in [5.74, 6) is 1.09. The van der Waals surface area contributed by atoms with Crippen molar-refractivity contribution in [2.24, 2.45) is 0 Å². The summed E-state index contributed by atoms with van der Waals surface area (Å²) in [7, 11) is 0. The maximum absolute atomic E-state index is 5.18. The molecule has 6 nitrogen and oxygen atoms in total. The first-order chi connectivity index (χ1) is 9.86. The van der Waals surface area contributed by atoms with Gasteiger partial charge in [-0.2, -0.15) is 4.98 Å². The average Bonchev–Trinajstić information content (AvgIpc) is 2.96. The van der Waals surface area contributed by atoms with Crippen LogP contribution < -0.4 is 5.32 Å². The standard InChI is InChI=1S/C14H13N5O/c1-2-5-15-9-13-18-14(19-20-13)10-3-4-11-12(8-10)17-7-6-16-11/h2-4,6-8,15H,1,5,9H2. The third-order valence-electron chi connectivity index (χ3n) is 2.76. The van der Waals surface area contributed by atoms with Gasteiger partial charge in [0.25, 0.3) is 0 Å². The Labute approximate surface area is 115 Å². The molecule has 6 heteroatoms. The Morgan fingerprint density at radius 3 is 2.90 bits per heavy atom. The van der Waals surface area contributed by atoms with Crippen LogP contribution >= 0.6 is 0 Å². The molecule has 0 atom stereocenters. The lowest BCUT2D eigenvalue weighted by atomic mass is 10.2. The number of hydrogen-bond donors (Lipinski definition) is 1. The summed E-state index contributed by atoms with van der Waals surface area (Å²) in [4.78, 5) is 12.8. The minimum Gasteiger partial charge on any atom is -0.338 e. The molecule has 0 radical (unpaired) electrons. The van der Waals surface area contributed by atoms with Crippen molar-refractivity contribution in [2.75, 3.05) is 6.54 Å². The number of hydrogen-bond acceptors (Lipinski definition) is 6. The molecule has 0 aliphatic carbocycles. The molecule has 20 heavy (non-hydrogen) atoms. The van der Waals surface area contributed by atoms with Crippen LogP contribution in [0.4, 0.5) is 0 Å². The van der Waals surface area contributed by atoms with E-state index in [9.17, 15) is 0 Å². The van der Waals surface area contributed by atoms with Crippen LogP contribution in [-0.2, 0) is 6.54 Å². The fourth-order valence-electron chi connectivity index (χ4n) is 1.83. The average molecular weight is 267 g/mol. The molecule has 1 N–H and O–H groups in total. The Morgan fingerprint density at radius 1 is 1.20 bits per heavy atom. The highest BCUT2D eigenvalue weighted by molar-refractivity contribution is 5.79. The van der Waals surface area contributed by atoms with Gasteiger partial charge in [0.15, 0.2) is 0 Å². The zero-order valence-electron chi connectivity index (χ0n) is 10.8. The number of nitrogens with zero attached hydrogens (tertiary/aromatic N) is 4. The molecule has 0 unspecified atom stereocenters. The van der Waals surface area contributed by atoms with Gasteiger partial charge in [-0.05, 0) is 18.2 Å². The molecule has 100 valence electrons. The Balaban J connectivity index is 1.85. The van der Waals surface area contributed by atoms with E-state index in [4.69, 9.17) is 4.52 Å². The minimum absolute atomic E-state index is 0.520. The molecule has 3 aromatic rings. The number of nitrogens with one attached hydrogen (secondary N) is 1. The highest BCUT2D eigenvalue weighted by Gasteiger charge is 2.09. The summed E-state index contributed by atoms with van der Waals surface area (Å²) < 4.78 is 5.18. The van der Waals surface area contributed by atoms with Gasteiger partial charge in [0.2, 0.25) is 11.7 Å². The van der Waals surface area contributed by atoms with Crippen LogP contribution in [0.3, 0.4) is 0 Å². The number of benzene rings is 1. The molecule has 0 aliphatic heterocycles. The second-order valence-corrected chi connectivity index (χ2v) is 4.19. The quantitative estimate of drug-likeness (QED) is 0.562. The van der Waals surface area contributed by atoms with E-state index in [2.05, 4.69) is 32.0 Å². The lowest BCUT2D eigenvalue weighted by Crippen LogP contribution is -2.12. The smallest absolute Gasteiger partial charge is 0.240 e. The molecular formula is C14H13N5O. The van der Waals surface area contributed by atoms with Crippen molar-refractivity contribution in [3.63, 3.8) is 0 Å². The monoisotopic (exact) mass is 267 g/mol. The summed E-state index contributed by atoms with van der Waals surface area (Å²) in [6.45, 7) is 4.85. The van der Waals surface area contributed by atoms with Crippen LogP contribution in [0.1, 0.15) is 5.89 Å². The molecule has 0 saturated heterocycles. The van der Waals surface area contributed by atoms with Gasteiger partial charge < -0.3 is 9.84 Å². The van der Waals surface area contributed by atoms with Crippen molar-refractivity contribution >= 4 is 11.0 Å². The summed E-state index contributed by atoms with van der Waals surface area (Å²) >= 11 is 0. The normalized spacial score (nSPS) is 10.8. The summed E-state index contributed by atoms with van der Waals surface area (Å²) in [5.41, 5.74) is 2.51. The maximum atomic E-state index is 5.18. The SMILES string of the molecule is C=CCNCc1nc(-c2ccc3nccnc3c2)no1. The summed E-state index contributed by atoms with van der Waals surface area (Å²) in [5, 5.41) is 7.08. The van der Waals surface area contributed by atoms with Gasteiger partial charge in [-0.3, -0.25) is 9.97 Å². The Kier molecular flexibility index (Phi) is 3.47. The molecular weight excluding hydrogens is 254 g/mol. The van der Waals surface area contributed by atoms with Crippen LogP contribution in [0, 0.1) is 0 Å². The van der Waals surface area contributed by atoms with E-state index in [-0.39, 0.29) is 0 Å². The summed E-state index contributed by atoms with van der Waals surface area (Å²) in [6.07, 6.45) is 5.10. The molecule has 1 aromatic carbocycles. The van der Waals surface area contributed by atoms with Crippen molar-refractivity contribution in [3.05, 3.63) is 49.1 Å². The van der Waals surface area contributed by atoms with Gasteiger partial charge in [0.1, 0.15) is 0 Å². The fourth-order valence-corrected chi connectivity index (χ4v) is 1.83. The van der Waals surface area contributed by atoms with Gasteiger partial charge in [-0.1, -0.05) is 11.2 Å². The van der Waals surface area contributed by atoms with Crippen LogP contribution in [-0.4, -0.2) is 26.7 Å². The molecule has 0 spiro atoms. The second kappa shape index (κ2) is 5.58. The number of fused-ring (bicyclic) bond motifs is 1. The molecule has 0 aliphatic rings. The van der Waals surface area contributed by atoms with Crippen molar-refractivity contribution < 1.29 is 4.52 Å². The van der Waals surface area contributed by atoms with E-state index in [0.29, 0.717) is 24.8 Å². The van der Waals surface area contributed by atoms with Crippen molar-refractivity contribution in [1.82, 2.24) is 25.4 Å². The van der Waals surface area contributed by atoms with E-state index in [1.165, 1.54) is 0 Å². The van der Waals surface area contributed by atoms with Gasteiger partial charge in [-0.15, -0.1) is 6.58 Å². The third kappa shape index (κ3) is 2.55. The van der Waals surface area contributed by atoms with E-state index >= 15 is 0 Å². The Bertz CT molecular complexity index is 737. The zero-order chi connectivity index (χ0) is 13.8. The lowest BCUT2D eigenvalue weighted by Gasteiger charge is -1.97. The van der Waals surface area contributed by atoms with Crippen LogP contribution in [0.2, 0.25) is 0 Å². The van der Waals surface area contributed by atoms with Gasteiger partial charge >= 0.3 is 0 Å². The Hall–Kier alpha value is -2.60. The first kappa shape index (κ1) is 12.4. The highest BCUT2D eigenvalue weighted by Crippen LogP contribution is 2.19. The number of rotatable bonds is 5. The molecule has 2 aromatic heterocycles. The Morgan fingerprint density at radius 2 is 2.05 bits per heavy atom. The molecule has 2 heterocycles.